The summed E-state index contributed by atoms with van der Waals surface area (Å²) in [6.45, 7) is 7.30. The van der Waals surface area contributed by atoms with Gasteiger partial charge in [-0.1, -0.05) is 26.0 Å². The molecule has 0 radical (unpaired) electrons. The fourth-order valence-electron chi connectivity index (χ4n) is 2.77. The van der Waals surface area contributed by atoms with E-state index in [0.29, 0.717) is 17.6 Å². The van der Waals surface area contributed by atoms with Crippen molar-refractivity contribution in [2.75, 3.05) is 11.9 Å². The monoisotopic (exact) mass is 311 g/mol. The molecule has 1 unspecified atom stereocenters. The minimum atomic E-state index is -0.345. The predicted octanol–water partition coefficient (Wildman–Crippen LogP) is 4.03. The van der Waals surface area contributed by atoms with Crippen LogP contribution in [0.15, 0.2) is 36.0 Å². The number of piperidine rings is 1. The third kappa shape index (κ3) is 4.59. The van der Waals surface area contributed by atoms with E-state index in [4.69, 9.17) is 0 Å². The second-order valence-electron chi connectivity index (χ2n) is 6.47. The van der Waals surface area contributed by atoms with Crippen LogP contribution in [0.2, 0.25) is 0 Å². The van der Waals surface area contributed by atoms with Crippen molar-refractivity contribution >= 4 is 11.6 Å². The standard InChI is InChI=1S/C19H25N3O/c1-14(2)16-7-9-18(10-8-16)21-19(23)17(12-20)13-22-11-5-4-6-15(22)3/h7-10,13-15H,4-6,11H2,1-3H3,(H,21,23)/b17-13-. The molecule has 2 rings (SSSR count). The van der Waals surface area contributed by atoms with Gasteiger partial charge >= 0.3 is 0 Å². The first kappa shape index (κ1) is 17.1. The van der Waals surface area contributed by atoms with Crippen molar-refractivity contribution in [2.45, 2.75) is 52.0 Å². The first-order valence-electron chi connectivity index (χ1n) is 8.30. The van der Waals surface area contributed by atoms with Crippen LogP contribution in [-0.4, -0.2) is 23.4 Å². The summed E-state index contributed by atoms with van der Waals surface area (Å²) in [6.07, 6.45) is 5.13. The van der Waals surface area contributed by atoms with Crippen molar-refractivity contribution in [1.29, 1.82) is 5.26 Å². The molecule has 1 aromatic rings. The van der Waals surface area contributed by atoms with Gasteiger partial charge in [-0.05, 0) is 49.8 Å². The summed E-state index contributed by atoms with van der Waals surface area (Å²) in [5.41, 5.74) is 2.10. The average Bonchev–Trinajstić information content (AvgIpc) is 2.54. The molecule has 0 aromatic heterocycles. The van der Waals surface area contributed by atoms with Gasteiger partial charge in [0.2, 0.25) is 0 Å². The summed E-state index contributed by atoms with van der Waals surface area (Å²) in [5.74, 6) is 0.109. The van der Waals surface area contributed by atoms with E-state index in [-0.39, 0.29) is 11.5 Å². The van der Waals surface area contributed by atoms with E-state index in [0.717, 1.165) is 19.4 Å². The highest BCUT2D eigenvalue weighted by atomic mass is 16.1. The number of anilines is 1. The molecule has 4 heteroatoms. The Bertz CT molecular complexity index is 610. The number of likely N-dealkylation sites (tertiary alicyclic amines) is 1. The van der Waals surface area contributed by atoms with Crippen LogP contribution < -0.4 is 5.32 Å². The van der Waals surface area contributed by atoms with E-state index in [1.54, 1.807) is 6.20 Å². The van der Waals surface area contributed by atoms with E-state index >= 15 is 0 Å². The summed E-state index contributed by atoms with van der Waals surface area (Å²) in [6, 6.07) is 10.2. The summed E-state index contributed by atoms with van der Waals surface area (Å²) < 4.78 is 0. The van der Waals surface area contributed by atoms with Gasteiger partial charge in [-0.25, -0.2) is 0 Å². The van der Waals surface area contributed by atoms with Crippen molar-refractivity contribution in [2.24, 2.45) is 0 Å². The molecule has 0 saturated carbocycles. The van der Waals surface area contributed by atoms with E-state index in [2.05, 4.69) is 31.0 Å². The number of hydrogen-bond donors (Lipinski definition) is 1. The highest BCUT2D eigenvalue weighted by Gasteiger charge is 2.18. The number of carbonyl (C=O) groups is 1. The van der Waals surface area contributed by atoms with Gasteiger partial charge in [0.25, 0.3) is 5.91 Å². The first-order chi connectivity index (χ1) is 11.0. The molecule has 0 bridgehead atoms. The van der Waals surface area contributed by atoms with Crippen LogP contribution in [0.1, 0.15) is 51.5 Å². The third-order valence-corrected chi connectivity index (χ3v) is 4.35. The van der Waals surface area contributed by atoms with Crippen LogP contribution in [0.4, 0.5) is 5.69 Å². The number of amides is 1. The van der Waals surface area contributed by atoms with Crippen LogP contribution in [0.25, 0.3) is 0 Å². The van der Waals surface area contributed by atoms with Gasteiger partial charge in [-0.2, -0.15) is 5.26 Å². The van der Waals surface area contributed by atoms with Crippen LogP contribution in [0.3, 0.4) is 0 Å². The van der Waals surface area contributed by atoms with Crippen molar-refractivity contribution in [1.82, 2.24) is 4.90 Å². The Morgan fingerprint density at radius 3 is 2.61 bits per heavy atom. The minimum absolute atomic E-state index is 0.159. The molecule has 1 heterocycles. The van der Waals surface area contributed by atoms with Crippen LogP contribution in [-0.2, 0) is 4.79 Å². The lowest BCUT2D eigenvalue weighted by molar-refractivity contribution is -0.112. The fraction of sp³-hybridized carbons (Fsp3) is 0.474. The second kappa shape index (κ2) is 7.82. The fourth-order valence-corrected chi connectivity index (χ4v) is 2.77. The number of benzene rings is 1. The Hall–Kier alpha value is -2.28. The molecular weight excluding hydrogens is 286 g/mol. The zero-order chi connectivity index (χ0) is 16.8. The highest BCUT2D eigenvalue weighted by molar-refractivity contribution is 6.06. The van der Waals surface area contributed by atoms with Gasteiger partial charge in [0.05, 0.1) is 0 Å². The molecule has 1 saturated heterocycles. The van der Waals surface area contributed by atoms with Gasteiger partial charge in [-0.15, -0.1) is 0 Å². The molecule has 0 spiro atoms. The molecular formula is C19H25N3O. The lowest BCUT2D eigenvalue weighted by Gasteiger charge is -2.32. The maximum atomic E-state index is 12.3. The molecule has 1 atom stereocenters. The molecule has 1 amide bonds. The number of nitrogens with zero attached hydrogens (tertiary/aromatic N) is 2. The van der Waals surface area contributed by atoms with Gasteiger partial charge in [0, 0.05) is 24.5 Å². The summed E-state index contributed by atoms with van der Waals surface area (Å²) in [4.78, 5) is 14.4. The number of hydrogen-bond acceptors (Lipinski definition) is 3. The maximum Gasteiger partial charge on any atom is 0.267 e. The maximum absolute atomic E-state index is 12.3. The Kier molecular flexibility index (Phi) is 5.81. The van der Waals surface area contributed by atoms with Crippen molar-refractivity contribution in [3.8, 4) is 6.07 Å². The SMILES string of the molecule is CC(C)c1ccc(NC(=O)/C(C#N)=C\N2CCCCC2C)cc1. The minimum Gasteiger partial charge on any atom is -0.373 e. The quantitative estimate of drug-likeness (QED) is 0.674. The zero-order valence-electron chi connectivity index (χ0n) is 14.2. The normalized spacial score (nSPS) is 18.7. The molecule has 4 nitrogen and oxygen atoms in total. The molecule has 1 aliphatic heterocycles. The Morgan fingerprint density at radius 1 is 1.35 bits per heavy atom. The molecule has 1 N–H and O–H groups in total. The number of carbonyl (C=O) groups excluding carboxylic acids is 1. The lowest BCUT2D eigenvalue weighted by Crippen LogP contribution is -2.34. The number of rotatable bonds is 4. The number of nitriles is 1. The van der Waals surface area contributed by atoms with E-state index in [1.165, 1.54) is 12.0 Å². The molecule has 1 aromatic carbocycles. The largest absolute Gasteiger partial charge is 0.373 e. The van der Waals surface area contributed by atoms with Crippen LogP contribution >= 0.6 is 0 Å². The summed E-state index contributed by atoms with van der Waals surface area (Å²) >= 11 is 0. The third-order valence-electron chi connectivity index (χ3n) is 4.35. The smallest absolute Gasteiger partial charge is 0.267 e. The Balaban J connectivity index is 2.06. The second-order valence-corrected chi connectivity index (χ2v) is 6.47. The predicted molar refractivity (Wildman–Crippen MR) is 92.9 cm³/mol. The summed E-state index contributed by atoms with van der Waals surface area (Å²) in [7, 11) is 0. The van der Waals surface area contributed by atoms with Gasteiger partial charge in [-0.3, -0.25) is 4.79 Å². The van der Waals surface area contributed by atoms with E-state index in [1.807, 2.05) is 30.3 Å². The Morgan fingerprint density at radius 2 is 2.04 bits per heavy atom. The molecule has 122 valence electrons. The lowest BCUT2D eigenvalue weighted by atomic mass is 10.0. The topological polar surface area (TPSA) is 56.1 Å². The molecule has 0 aliphatic carbocycles. The van der Waals surface area contributed by atoms with E-state index < -0.39 is 0 Å². The van der Waals surface area contributed by atoms with E-state index in [9.17, 15) is 10.1 Å². The van der Waals surface area contributed by atoms with Crippen molar-refractivity contribution in [3.63, 3.8) is 0 Å². The first-order valence-corrected chi connectivity index (χ1v) is 8.30. The van der Waals surface area contributed by atoms with Gasteiger partial charge in [0.1, 0.15) is 11.6 Å². The van der Waals surface area contributed by atoms with Crippen molar-refractivity contribution in [3.05, 3.63) is 41.6 Å². The Labute approximate surface area is 138 Å². The van der Waals surface area contributed by atoms with Crippen LogP contribution in [0, 0.1) is 11.3 Å². The zero-order valence-corrected chi connectivity index (χ0v) is 14.2. The molecule has 1 aliphatic rings. The number of nitrogens with one attached hydrogen (secondary N) is 1. The summed E-state index contributed by atoms with van der Waals surface area (Å²) in [5, 5.41) is 12.1. The average molecular weight is 311 g/mol. The highest BCUT2D eigenvalue weighted by Crippen LogP contribution is 2.19. The van der Waals surface area contributed by atoms with Gasteiger partial charge in [0.15, 0.2) is 0 Å². The molecule has 1 fully saturated rings. The van der Waals surface area contributed by atoms with Gasteiger partial charge < -0.3 is 10.2 Å². The van der Waals surface area contributed by atoms with Crippen LogP contribution in [0.5, 0.6) is 0 Å². The van der Waals surface area contributed by atoms with Crippen molar-refractivity contribution < 1.29 is 4.79 Å². The molecule has 23 heavy (non-hydrogen) atoms.